The van der Waals surface area contributed by atoms with E-state index in [1.807, 2.05) is 35.8 Å². The Morgan fingerprint density at radius 1 is 1.35 bits per heavy atom. The van der Waals surface area contributed by atoms with Gasteiger partial charge >= 0.3 is 0 Å². The number of sulfonamides is 1. The highest BCUT2D eigenvalue weighted by molar-refractivity contribution is 7.89. The van der Waals surface area contributed by atoms with E-state index in [4.69, 9.17) is 4.74 Å². The van der Waals surface area contributed by atoms with Crippen LogP contribution in [0.4, 0.5) is 4.39 Å². The molecule has 0 saturated heterocycles. The number of rotatable bonds is 7. The maximum absolute atomic E-state index is 13.7. The van der Waals surface area contributed by atoms with Crippen LogP contribution in [0.15, 0.2) is 39.9 Å². The van der Waals surface area contributed by atoms with E-state index in [0.29, 0.717) is 0 Å². The highest BCUT2D eigenvalue weighted by Crippen LogP contribution is 2.23. The van der Waals surface area contributed by atoms with Crippen LogP contribution in [-0.4, -0.2) is 41.1 Å². The van der Waals surface area contributed by atoms with Crippen molar-refractivity contribution in [2.75, 3.05) is 27.7 Å². The third-order valence-electron chi connectivity index (χ3n) is 3.45. The minimum atomic E-state index is -3.80. The summed E-state index contributed by atoms with van der Waals surface area (Å²) in [5.74, 6) is -0.703. The number of nitrogens with one attached hydrogen (secondary N) is 1. The predicted octanol–water partition coefficient (Wildman–Crippen LogP) is 2.48. The Hall–Kier alpha value is -1.48. The molecule has 1 atom stereocenters. The average molecular weight is 358 g/mol. The van der Waals surface area contributed by atoms with Crippen LogP contribution < -0.4 is 9.46 Å². The summed E-state index contributed by atoms with van der Waals surface area (Å²) >= 11 is 1.55. The number of halogens is 1. The van der Waals surface area contributed by atoms with E-state index in [0.717, 1.165) is 11.6 Å². The van der Waals surface area contributed by atoms with E-state index >= 15 is 0 Å². The van der Waals surface area contributed by atoms with Crippen LogP contribution in [0.25, 0.3) is 0 Å². The molecule has 0 aliphatic rings. The second kappa shape index (κ2) is 7.39. The zero-order valence-electron chi connectivity index (χ0n) is 13.1. The van der Waals surface area contributed by atoms with Crippen molar-refractivity contribution in [2.24, 2.45) is 0 Å². The molecule has 0 amide bonds. The standard InChI is InChI=1S/C15H19FN2O3S2/c1-18(2)14(11-6-7-22-10-11)9-17-23(19,20)12-4-5-15(21-3)13(16)8-12/h4-8,10,14,17H,9H2,1-3H3/t14-/m1/s1. The van der Waals surface area contributed by atoms with Gasteiger partial charge in [-0.2, -0.15) is 11.3 Å². The Morgan fingerprint density at radius 2 is 2.09 bits per heavy atom. The maximum atomic E-state index is 13.7. The zero-order valence-corrected chi connectivity index (χ0v) is 14.7. The number of hydrogen-bond donors (Lipinski definition) is 1. The van der Waals surface area contributed by atoms with Gasteiger partial charge in [0.05, 0.1) is 12.0 Å². The first-order valence-corrected chi connectivity index (χ1v) is 9.29. The van der Waals surface area contributed by atoms with Crippen LogP contribution in [0.1, 0.15) is 11.6 Å². The summed E-state index contributed by atoms with van der Waals surface area (Å²) in [6, 6.07) is 5.43. The molecule has 5 nitrogen and oxygen atoms in total. The molecule has 0 spiro atoms. The van der Waals surface area contributed by atoms with E-state index in [9.17, 15) is 12.8 Å². The first-order valence-electron chi connectivity index (χ1n) is 6.87. The molecule has 2 rings (SSSR count). The van der Waals surface area contributed by atoms with Gasteiger partial charge in [-0.3, -0.25) is 0 Å². The molecule has 0 radical (unpaired) electrons. The molecule has 0 bridgehead atoms. The maximum Gasteiger partial charge on any atom is 0.240 e. The molecular weight excluding hydrogens is 339 g/mol. The first kappa shape index (κ1) is 17.9. The van der Waals surface area contributed by atoms with Crippen molar-refractivity contribution in [3.63, 3.8) is 0 Å². The van der Waals surface area contributed by atoms with Crippen molar-refractivity contribution in [3.05, 3.63) is 46.4 Å². The second-order valence-corrected chi connectivity index (χ2v) is 7.73. The highest BCUT2D eigenvalue weighted by Gasteiger charge is 2.21. The average Bonchev–Trinajstić information content (AvgIpc) is 3.01. The number of likely N-dealkylation sites (N-methyl/N-ethyl adjacent to an activating group) is 1. The van der Waals surface area contributed by atoms with Crippen molar-refractivity contribution < 1.29 is 17.5 Å². The molecule has 2 aromatic rings. The summed E-state index contributed by atoms with van der Waals surface area (Å²) < 4.78 is 45.7. The molecule has 1 aromatic heterocycles. The first-order chi connectivity index (χ1) is 10.8. The molecule has 0 saturated carbocycles. The minimum absolute atomic E-state index is 0.00777. The summed E-state index contributed by atoms with van der Waals surface area (Å²) in [5, 5.41) is 3.92. The van der Waals surface area contributed by atoms with Crippen LogP contribution >= 0.6 is 11.3 Å². The monoisotopic (exact) mass is 358 g/mol. The lowest BCUT2D eigenvalue weighted by Gasteiger charge is -2.24. The summed E-state index contributed by atoms with van der Waals surface area (Å²) in [5.41, 5.74) is 1.03. The fourth-order valence-electron chi connectivity index (χ4n) is 2.15. The molecule has 0 aliphatic carbocycles. The van der Waals surface area contributed by atoms with Gasteiger partial charge in [0.25, 0.3) is 0 Å². The fraction of sp³-hybridized carbons (Fsp3) is 0.333. The number of ether oxygens (including phenoxy) is 1. The predicted molar refractivity (Wildman–Crippen MR) is 88.9 cm³/mol. The third-order valence-corrected chi connectivity index (χ3v) is 5.57. The van der Waals surface area contributed by atoms with E-state index in [-0.39, 0.29) is 23.2 Å². The van der Waals surface area contributed by atoms with Crippen molar-refractivity contribution in [1.29, 1.82) is 0 Å². The molecule has 126 valence electrons. The number of nitrogens with zero attached hydrogens (tertiary/aromatic N) is 1. The zero-order chi connectivity index (χ0) is 17.0. The Balaban J connectivity index is 2.16. The van der Waals surface area contributed by atoms with Crippen molar-refractivity contribution >= 4 is 21.4 Å². The second-order valence-electron chi connectivity index (χ2n) is 5.18. The molecule has 1 heterocycles. The minimum Gasteiger partial charge on any atom is -0.494 e. The van der Waals surface area contributed by atoms with E-state index in [1.165, 1.54) is 19.2 Å². The van der Waals surface area contributed by atoms with Crippen molar-refractivity contribution in [1.82, 2.24) is 9.62 Å². The van der Waals surface area contributed by atoms with Gasteiger partial charge < -0.3 is 9.64 Å². The van der Waals surface area contributed by atoms with E-state index in [1.54, 1.807) is 11.3 Å². The number of thiophene rings is 1. The lowest BCUT2D eigenvalue weighted by atomic mass is 10.1. The van der Waals surface area contributed by atoms with Crippen LogP contribution in [-0.2, 0) is 10.0 Å². The molecule has 23 heavy (non-hydrogen) atoms. The van der Waals surface area contributed by atoms with Gasteiger partial charge in [0.1, 0.15) is 0 Å². The Kier molecular flexibility index (Phi) is 5.74. The van der Waals surface area contributed by atoms with Crippen LogP contribution in [0.5, 0.6) is 5.75 Å². The molecule has 1 aromatic carbocycles. The normalized spacial score (nSPS) is 13.3. The van der Waals surface area contributed by atoms with Crippen LogP contribution in [0.2, 0.25) is 0 Å². The Bertz CT molecular complexity index is 746. The summed E-state index contributed by atoms with van der Waals surface area (Å²) in [6.07, 6.45) is 0. The van der Waals surface area contributed by atoms with Gasteiger partial charge in [0, 0.05) is 12.6 Å². The SMILES string of the molecule is COc1ccc(S(=O)(=O)NC[C@H](c2ccsc2)N(C)C)cc1F. The molecule has 0 unspecified atom stereocenters. The van der Waals surface area contributed by atoms with Crippen LogP contribution in [0.3, 0.4) is 0 Å². The number of hydrogen-bond acceptors (Lipinski definition) is 5. The van der Waals surface area contributed by atoms with Gasteiger partial charge in [-0.1, -0.05) is 0 Å². The molecular formula is C15H19FN2O3S2. The van der Waals surface area contributed by atoms with Gasteiger partial charge in [0.15, 0.2) is 11.6 Å². The topological polar surface area (TPSA) is 58.6 Å². The molecule has 1 N–H and O–H groups in total. The summed E-state index contributed by atoms with van der Waals surface area (Å²) in [6.45, 7) is 0.194. The van der Waals surface area contributed by atoms with E-state index < -0.39 is 15.8 Å². The third kappa shape index (κ3) is 4.29. The van der Waals surface area contributed by atoms with E-state index in [2.05, 4.69) is 4.72 Å². The lowest BCUT2D eigenvalue weighted by Crippen LogP contribution is -2.34. The lowest BCUT2D eigenvalue weighted by molar-refractivity contribution is 0.300. The van der Waals surface area contributed by atoms with Gasteiger partial charge in [0.2, 0.25) is 10.0 Å². The summed E-state index contributed by atoms with van der Waals surface area (Å²) in [4.78, 5) is 1.80. The van der Waals surface area contributed by atoms with Gasteiger partial charge in [-0.25, -0.2) is 17.5 Å². The smallest absolute Gasteiger partial charge is 0.240 e. The van der Waals surface area contributed by atoms with Gasteiger partial charge in [-0.15, -0.1) is 0 Å². The molecule has 0 fully saturated rings. The molecule has 8 heteroatoms. The van der Waals surface area contributed by atoms with Crippen molar-refractivity contribution in [3.8, 4) is 5.75 Å². The summed E-state index contributed by atoms with van der Waals surface area (Å²) in [7, 11) is 1.29. The quantitative estimate of drug-likeness (QED) is 0.826. The largest absolute Gasteiger partial charge is 0.494 e. The highest BCUT2D eigenvalue weighted by atomic mass is 32.2. The molecule has 0 aliphatic heterocycles. The number of methoxy groups -OCH3 is 1. The number of benzene rings is 1. The fourth-order valence-corrected chi connectivity index (χ4v) is 3.91. The Morgan fingerprint density at radius 3 is 2.61 bits per heavy atom. The van der Waals surface area contributed by atoms with Gasteiger partial charge in [-0.05, 0) is 54.7 Å². The Labute approximate surface area is 139 Å². The van der Waals surface area contributed by atoms with Crippen molar-refractivity contribution in [2.45, 2.75) is 10.9 Å². The van der Waals surface area contributed by atoms with Crippen LogP contribution in [0, 0.1) is 5.82 Å².